The first kappa shape index (κ1) is 21.9. The van der Waals surface area contributed by atoms with Gasteiger partial charge in [0.05, 0.1) is 5.57 Å². The molecule has 1 heterocycles. The van der Waals surface area contributed by atoms with Crippen molar-refractivity contribution in [1.29, 1.82) is 0 Å². The molecule has 29 heavy (non-hydrogen) atoms. The van der Waals surface area contributed by atoms with Crippen LogP contribution in [0.15, 0.2) is 47.8 Å². The fraction of sp³-hybridized carbons (Fsp3) is 0.409. The van der Waals surface area contributed by atoms with Crippen molar-refractivity contribution in [2.24, 2.45) is 5.92 Å². The zero-order valence-corrected chi connectivity index (χ0v) is 18.5. The number of nitrogens with zero attached hydrogens (tertiary/aromatic N) is 2. The molecule has 0 spiro atoms. The lowest BCUT2D eigenvalue weighted by Crippen LogP contribution is -2.33. The number of nitrogens with one attached hydrogen (secondary N) is 1. The number of hydrogen-bond donors (Lipinski definition) is 2. The van der Waals surface area contributed by atoms with Crippen LogP contribution in [0.1, 0.15) is 17.0 Å². The highest BCUT2D eigenvalue weighted by atomic mass is 35.5. The molecule has 2 aliphatic rings. The second-order valence-electron chi connectivity index (χ2n) is 7.91. The third-order valence-corrected chi connectivity index (χ3v) is 5.88. The van der Waals surface area contributed by atoms with Gasteiger partial charge in [-0.05, 0) is 56.6 Å². The van der Waals surface area contributed by atoms with Crippen molar-refractivity contribution in [2.75, 3.05) is 40.8 Å². The Bertz CT molecular complexity index is 877. The number of rotatable bonds is 5. The Morgan fingerprint density at radius 3 is 2.72 bits per heavy atom. The molecule has 1 aromatic rings. The first-order valence-electron chi connectivity index (χ1n) is 9.65. The van der Waals surface area contributed by atoms with E-state index in [0.717, 1.165) is 30.8 Å². The van der Waals surface area contributed by atoms with Crippen LogP contribution in [0.2, 0.25) is 10.0 Å². The van der Waals surface area contributed by atoms with Gasteiger partial charge in [0, 0.05) is 48.1 Å². The number of fused-ring (bicyclic) bond motifs is 1. The zero-order chi connectivity index (χ0) is 21.1. The molecule has 0 saturated carbocycles. The largest absolute Gasteiger partial charge is 0.507 e. The molecule has 2 atom stereocenters. The van der Waals surface area contributed by atoms with Crippen LogP contribution < -0.4 is 5.32 Å². The topological polar surface area (TPSA) is 55.8 Å². The highest BCUT2D eigenvalue weighted by Crippen LogP contribution is 2.40. The minimum atomic E-state index is -0.279. The van der Waals surface area contributed by atoms with Gasteiger partial charge >= 0.3 is 0 Å². The fourth-order valence-corrected chi connectivity index (χ4v) is 4.39. The van der Waals surface area contributed by atoms with Crippen LogP contribution in [-0.2, 0) is 11.3 Å². The summed E-state index contributed by atoms with van der Waals surface area (Å²) in [6.45, 7) is 2.84. The predicted molar refractivity (Wildman–Crippen MR) is 119 cm³/mol. The number of aliphatic hydroxyl groups excluding tert-OH is 1. The molecule has 3 rings (SSSR count). The molecule has 0 saturated heterocycles. The average Bonchev–Trinajstić information content (AvgIpc) is 2.83. The van der Waals surface area contributed by atoms with Gasteiger partial charge in [0.2, 0.25) is 0 Å². The van der Waals surface area contributed by atoms with E-state index in [-0.39, 0.29) is 29.1 Å². The van der Waals surface area contributed by atoms with E-state index in [2.05, 4.69) is 17.3 Å². The van der Waals surface area contributed by atoms with Gasteiger partial charge < -0.3 is 20.2 Å². The van der Waals surface area contributed by atoms with E-state index < -0.39 is 0 Å². The van der Waals surface area contributed by atoms with Gasteiger partial charge in [-0.25, -0.2) is 0 Å². The van der Waals surface area contributed by atoms with Gasteiger partial charge in [-0.15, -0.1) is 0 Å². The summed E-state index contributed by atoms with van der Waals surface area (Å²) < 4.78 is 0. The summed E-state index contributed by atoms with van der Waals surface area (Å²) in [7, 11) is 5.95. The van der Waals surface area contributed by atoms with Crippen molar-refractivity contribution in [3.05, 3.63) is 68.9 Å². The summed E-state index contributed by atoms with van der Waals surface area (Å²) in [5, 5.41) is 14.5. The van der Waals surface area contributed by atoms with Crippen molar-refractivity contribution in [2.45, 2.75) is 12.5 Å². The molecule has 156 valence electrons. The third-order valence-electron chi connectivity index (χ3n) is 5.32. The van der Waals surface area contributed by atoms with Crippen LogP contribution in [0, 0.1) is 5.92 Å². The zero-order valence-electron chi connectivity index (χ0n) is 17.0. The maximum absolute atomic E-state index is 12.5. The maximum Gasteiger partial charge on any atom is 0.255 e. The number of halogens is 2. The molecule has 0 fully saturated rings. The Morgan fingerprint density at radius 1 is 1.28 bits per heavy atom. The van der Waals surface area contributed by atoms with Crippen LogP contribution in [0.4, 0.5) is 0 Å². The number of carbonyl (C=O) groups excluding carboxylic acids is 1. The normalized spacial score (nSPS) is 22.0. The second-order valence-corrected chi connectivity index (χ2v) is 8.76. The van der Waals surface area contributed by atoms with Crippen molar-refractivity contribution in [3.8, 4) is 0 Å². The third kappa shape index (κ3) is 5.23. The smallest absolute Gasteiger partial charge is 0.255 e. The Hall–Kier alpha value is -1.79. The molecule has 7 heteroatoms. The van der Waals surface area contributed by atoms with E-state index >= 15 is 0 Å². The summed E-state index contributed by atoms with van der Waals surface area (Å²) in [6, 6.07) is 3.76. The summed E-state index contributed by atoms with van der Waals surface area (Å²) in [6.07, 6.45) is 7.24. The van der Waals surface area contributed by atoms with Crippen LogP contribution in [0.5, 0.6) is 0 Å². The number of benzene rings is 1. The minimum Gasteiger partial charge on any atom is -0.507 e. The lowest BCUT2D eigenvalue weighted by molar-refractivity contribution is -0.117. The van der Waals surface area contributed by atoms with Crippen molar-refractivity contribution in [1.82, 2.24) is 15.1 Å². The number of carbonyl (C=O) groups is 1. The predicted octanol–water partition coefficient (Wildman–Crippen LogP) is 3.75. The summed E-state index contributed by atoms with van der Waals surface area (Å²) in [4.78, 5) is 16.7. The molecule has 1 aromatic carbocycles. The highest BCUT2D eigenvalue weighted by Gasteiger charge is 2.30. The van der Waals surface area contributed by atoms with Crippen LogP contribution in [-0.4, -0.2) is 61.6 Å². The molecular formula is C22H27Cl2N3O2. The Balaban J connectivity index is 1.83. The molecule has 0 aromatic heterocycles. The fourth-order valence-electron chi connectivity index (χ4n) is 3.82. The van der Waals surface area contributed by atoms with E-state index in [0.29, 0.717) is 16.6 Å². The molecule has 2 unspecified atom stereocenters. The van der Waals surface area contributed by atoms with E-state index in [1.165, 1.54) is 0 Å². The second kappa shape index (κ2) is 9.35. The quantitative estimate of drug-likeness (QED) is 0.738. The number of allylic oxidation sites excluding steroid dienone is 3. The van der Waals surface area contributed by atoms with E-state index in [4.69, 9.17) is 23.2 Å². The maximum atomic E-state index is 12.5. The number of amides is 1. The average molecular weight is 436 g/mol. The van der Waals surface area contributed by atoms with Crippen molar-refractivity contribution in [3.63, 3.8) is 0 Å². The molecule has 5 nitrogen and oxygen atoms in total. The molecular weight excluding hydrogens is 409 g/mol. The van der Waals surface area contributed by atoms with Gasteiger partial charge in [0.1, 0.15) is 5.76 Å². The van der Waals surface area contributed by atoms with Gasteiger partial charge in [-0.3, -0.25) is 4.79 Å². The molecule has 1 amide bonds. The Labute approximate surface area is 182 Å². The lowest BCUT2D eigenvalue weighted by Gasteiger charge is -2.35. The highest BCUT2D eigenvalue weighted by molar-refractivity contribution is 6.35. The van der Waals surface area contributed by atoms with Crippen LogP contribution in [0.25, 0.3) is 0 Å². The van der Waals surface area contributed by atoms with E-state index in [9.17, 15) is 9.90 Å². The van der Waals surface area contributed by atoms with Crippen molar-refractivity contribution >= 4 is 29.1 Å². The van der Waals surface area contributed by atoms with Gasteiger partial charge in [0.25, 0.3) is 5.91 Å². The Morgan fingerprint density at radius 2 is 2.00 bits per heavy atom. The van der Waals surface area contributed by atoms with Crippen LogP contribution >= 0.6 is 23.2 Å². The first-order valence-corrected chi connectivity index (χ1v) is 10.4. The van der Waals surface area contributed by atoms with Gasteiger partial charge in [-0.2, -0.15) is 0 Å². The lowest BCUT2D eigenvalue weighted by atomic mass is 9.80. The molecule has 1 aliphatic heterocycles. The number of aliphatic hydroxyl groups is 1. The monoisotopic (exact) mass is 435 g/mol. The van der Waals surface area contributed by atoms with E-state index in [1.54, 1.807) is 18.2 Å². The molecule has 1 aliphatic carbocycles. The molecule has 0 radical (unpaired) electrons. The van der Waals surface area contributed by atoms with Crippen LogP contribution in [0.3, 0.4) is 0 Å². The van der Waals surface area contributed by atoms with Gasteiger partial charge in [-0.1, -0.05) is 35.4 Å². The minimum absolute atomic E-state index is 0.000239. The first-order chi connectivity index (χ1) is 13.8. The number of hydrogen-bond acceptors (Lipinski definition) is 4. The summed E-state index contributed by atoms with van der Waals surface area (Å²) >= 11 is 12.7. The summed E-state index contributed by atoms with van der Waals surface area (Å²) in [5.74, 6) is -0.186. The summed E-state index contributed by atoms with van der Waals surface area (Å²) in [5.41, 5.74) is 2.48. The molecule has 0 bridgehead atoms. The standard InChI is InChI=1S/C22H27Cl2N3O2/c1-26(2)9-8-25-22(29)16-6-4-14(5-7-21(16)28)18-12-27(3)13-19-17(18)10-15(23)11-20(19)24/h4-7,10-11,14,18,28H,8-9,12-13H2,1-3H3,(H,25,29). The SMILES string of the molecule is CN(C)CCNC(=O)C1=C(O)C=CC(C2CN(C)Cc3c(Cl)cc(Cl)cc32)C=C1. The van der Waals surface area contributed by atoms with Crippen molar-refractivity contribution < 1.29 is 9.90 Å². The number of likely N-dealkylation sites (N-methyl/N-ethyl adjacent to an activating group) is 2. The van der Waals surface area contributed by atoms with Gasteiger partial charge in [0.15, 0.2) is 0 Å². The molecule has 2 N–H and O–H groups in total. The van der Waals surface area contributed by atoms with E-state index in [1.807, 2.05) is 37.2 Å². The Kier molecular flexibility index (Phi) is 7.06.